The normalized spacial score (nSPS) is 10.6. The minimum Gasteiger partial charge on any atom is -0.481 e. The minimum atomic E-state index is -0.363. The zero-order valence-electron chi connectivity index (χ0n) is 15.3. The number of methoxy groups -OCH3 is 1. The molecule has 2 heterocycles. The summed E-state index contributed by atoms with van der Waals surface area (Å²) in [6.07, 6.45) is 0.839. The summed E-state index contributed by atoms with van der Waals surface area (Å²) in [5, 5.41) is 2.90. The van der Waals surface area contributed by atoms with Gasteiger partial charge in [0.1, 0.15) is 0 Å². The molecule has 2 rings (SSSR count). The van der Waals surface area contributed by atoms with Crippen molar-refractivity contribution < 1.29 is 9.53 Å². The van der Waals surface area contributed by atoms with Gasteiger partial charge in [-0.3, -0.25) is 4.79 Å². The van der Waals surface area contributed by atoms with Crippen LogP contribution in [0.3, 0.4) is 0 Å². The van der Waals surface area contributed by atoms with Crippen LogP contribution in [0.5, 0.6) is 5.88 Å². The van der Waals surface area contributed by atoms with Gasteiger partial charge in [-0.1, -0.05) is 0 Å². The summed E-state index contributed by atoms with van der Waals surface area (Å²) >= 11 is 0. The number of nitrogens with zero attached hydrogens (tertiary/aromatic N) is 2. The van der Waals surface area contributed by atoms with E-state index in [1.54, 1.807) is 14.0 Å². The van der Waals surface area contributed by atoms with Crippen LogP contribution >= 0.6 is 0 Å². The van der Waals surface area contributed by atoms with E-state index >= 15 is 0 Å². The lowest BCUT2D eigenvalue weighted by Crippen LogP contribution is -2.25. The number of carbonyl (C=O) groups is 1. The van der Waals surface area contributed by atoms with Crippen LogP contribution in [0.1, 0.15) is 40.2 Å². The highest BCUT2D eigenvalue weighted by molar-refractivity contribution is 5.76. The minimum absolute atomic E-state index is 0.0768. The molecule has 0 spiro atoms. The highest BCUT2D eigenvalue weighted by Gasteiger charge is 2.12. The number of hydrogen-bond donors (Lipinski definition) is 2. The fourth-order valence-corrected chi connectivity index (χ4v) is 2.85. The van der Waals surface area contributed by atoms with Gasteiger partial charge < -0.3 is 15.0 Å². The summed E-state index contributed by atoms with van der Waals surface area (Å²) in [5.41, 5.74) is 4.74. The average Bonchev–Trinajstić information content (AvgIpc) is 2.52. The van der Waals surface area contributed by atoms with Crippen LogP contribution in [0.4, 0.5) is 0 Å². The summed E-state index contributed by atoms with van der Waals surface area (Å²) in [6.45, 7) is 7.83. The Hall–Kier alpha value is -2.70. The predicted molar refractivity (Wildman–Crippen MR) is 94.8 cm³/mol. The zero-order valence-corrected chi connectivity index (χ0v) is 15.3. The molecule has 0 saturated heterocycles. The molecule has 0 aromatic carbocycles. The van der Waals surface area contributed by atoms with Gasteiger partial charge in [-0.25, -0.2) is 9.78 Å². The molecule has 0 radical (unpaired) electrons. The van der Waals surface area contributed by atoms with Crippen LogP contribution in [0, 0.1) is 27.7 Å². The smallest absolute Gasteiger partial charge is 0.345 e. The number of amides is 1. The number of aryl methyl sites for hydroxylation is 4. The number of aromatic amines is 1. The molecule has 25 heavy (non-hydrogen) atoms. The molecule has 0 fully saturated rings. The first-order valence-corrected chi connectivity index (χ1v) is 8.16. The zero-order chi connectivity index (χ0) is 18.6. The molecule has 0 aliphatic carbocycles. The van der Waals surface area contributed by atoms with Gasteiger partial charge in [0.2, 0.25) is 11.8 Å². The molecule has 0 unspecified atom stereocenters. The highest BCUT2D eigenvalue weighted by atomic mass is 16.5. The molecular formula is C18H24N4O3. The Morgan fingerprint density at radius 1 is 1.20 bits per heavy atom. The Balaban J connectivity index is 2.00. The monoisotopic (exact) mass is 344 g/mol. The van der Waals surface area contributed by atoms with Crippen molar-refractivity contribution in [1.82, 2.24) is 20.3 Å². The van der Waals surface area contributed by atoms with Gasteiger partial charge >= 0.3 is 5.69 Å². The van der Waals surface area contributed by atoms with E-state index in [4.69, 9.17) is 4.74 Å². The molecule has 0 bridgehead atoms. The number of rotatable bonds is 6. The third kappa shape index (κ3) is 4.65. The second kappa shape index (κ2) is 7.92. The van der Waals surface area contributed by atoms with E-state index < -0.39 is 0 Å². The number of ether oxygens (including phenoxy) is 1. The quantitative estimate of drug-likeness (QED) is 0.830. The van der Waals surface area contributed by atoms with Gasteiger partial charge in [-0.05, 0) is 51.3 Å². The Morgan fingerprint density at radius 3 is 2.56 bits per heavy atom. The Labute approximate surface area is 146 Å². The first kappa shape index (κ1) is 18.6. The molecule has 0 aliphatic rings. The third-order valence-electron chi connectivity index (χ3n) is 4.15. The summed E-state index contributed by atoms with van der Waals surface area (Å²) in [6, 6.07) is 1.96. The van der Waals surface area contributed by atoms with E-state index in [0.29, 0.717) is 31.0 Å². The van der Waals surface area contributed by atoms with Gasteiger partial charge in [0.25, 0.3) is 0 Å². The first-order valence-electron chi connectivity index (χ1n) is 8.16. The lowest BCUT2D eigenvalue weighted by Gasteiger charge is -2.13. The summed E-state index contributed by atoms with van der Waals surface area (Å²) < 4.78 is 5.31. The predicted octanol–water partition coefficient (Wildman–Crippen LogP) is 1.66. The summed E-state index contributed by atoms with van der Waals surface area (Å²) in [5.74, 6) is 0.460. The van der Waals surface area contributed by atoms with Crippen molar-refractivity contribution in [3.8, 4) is 5.88 Å². The van der Waals surface area contributed by atoms with E-state index in [1.165, 1.54) is 0 Å². The van der Waals surface area contributed by atoms with E-state index in [2.05, 4.69) is 20.3 Å². The fourth-order valence-electron chi connectivity index (χ4n) is 2.85. The van der Waals surface area contributed by atoms with Crippen molar-refractivity contribution >= 4 is 5.91 Å². The van der Waals surface area contributed by atoms with Gasteiger partial charge in [-0.2, -0.15) is 4.98 Å². The molecule has 0 aliphatic heterocycles. The number of H-pyrrole nitrogens is 1. The number of carbonyl (C=O) groups excluding carboxylic acids is 1. The second-order valence-electron chi connectivity index (χ2n) is 6.08. The van der Waals surface area contributed by atoms with Crippen molar-refractivity contribution in [3.63, 3.8) is 0 Å². The third-order valence-corrected chi connectivity index (χ3v) is 4.15. The highest BCUT2D eigenvalue weighted by Crippen LogP contribution is 2.20. The Bertz CT molecular complexity index is 817. The van der Waals surface area contributed by atoms with Crippen LogP contribution in [0.25, 0.3) is 0 Å². The first-order chi connectivity index (χ1) is 11.8. The van der Waals surface area contributed by atoms with Gasteiger partial charge in [-0.15, -0.1) is 0 Å². The van der Waals surface area contributed by atoms with E-state index in [-0.39, 0.29) is 11.6 Å². The average molecular weight is 344 g/mol. The number of aromatic nitrogens is 3. The molecule has 2 aromatic heterocycles. The lowest BCUT2D eigenvalue weighted by molar-refractivity contribution is -0.121. The number of hydrogen-bond acceptors (Lipinski definition) is 5. The molecule has 2 N–H and O–H groups in total. The Kier molecular flexibility index (Phi) is 5.90. The van der Waals surface area contributed by atoms with Crippen LogP contribution in [0.2, 0.25) is 0 Å². The summed E-state index contributed by atoms with van der Waals surface area (Å²) in [7, 11) is 1.57. The molecule has 0 saturated carbocycles. The topological polar surface area (TPSA) is 97.0 Å². The SMILES string of the molecule is COc1nc(C)cc(C)c1CNC(=O)CCc1c(C)nc(=O)[nH]c1C. The molecule has 2 aromatic rings. The molecule has 1 amide bonds. The van der Waals surface area contributed by atoms with Crippen molar-refractivity contribution in [2.45, 2.75) is 47.1 Å². The Morgan fingerprint density at radius 2 is 1.92 bits per heavy atom. The van der Waals surface area contributed by atoms with Gasteiger partial charge in [0.05, 0.1) is 7.11 Å². The van der Waals surface area contributed by atoms with Crippen molar-refractivity contribution in [3.05, 3.63) is 50.3 Å². The van der Waals surface area contributed by atoms with Crippen LogP contribution in [-0.4, -0.2) is 28.0 Å². The van der Waals surface area contributed by atoms with Gasteiger partial charge in [0, 0.05) is 35.6 Å². The second-order valence-corrected chi connectivity index (χ2v) is 6.08. The number of pyridine rings is 1. The molecule has 134 valence electrons. The maximum Gasteiger partial charge on any atom is 0.345 e. The van der Waals surface area contributed by atoms with Crippen molar-refractivity contribution in [2.75, 3.05) is 7.11 Å². The van der Waals surface area contributed by atoms with E-state index in [1.807, 2.05) is 26.8 Å². The maximum absolute atomic E-state index is 12.2. The molecule has 7 nitrogen and oxygen atoms in total. The largest absolute Gasteiger partial charge is 0.481 e. The summed E-state index contributed by atoms with van der Waals surface area (Å²) in [4.78, 5) is 34.4. The number of nitrogens with one attached hydrogen (secondary N) is 2. The lowest BCUT2D eigenvalue weighted by atomic mass is 10.1. The van der Waals surface area contributed by atoms with Crippen molar-refractivity contribution in [1.29, 1.82) is 0 Å². The van der Waals surface area contributed by atoms with Crippen molar-refractivity contribution in [2.24, 2.45) is 0 Å². The van der Waals surface area contributed by atoms with Crippen LogP contribution < -0.4 is 15.7 Å². The van der Waals surface area contributed by atoms with E-state index in [9.17, 15) is 9.59 Å². The van der Waals surface area contributed by atoms with Crippen LogP contribution in [0.15, 0.2) is 10.9 Å². The molecular weight excluding hydrogens is 320 g/mol. The maximum atomic E-state index is 12.2. The van der Waals surface area contributed by atoms with Gasteiger partial charge in [0.15, 0.2) is 0 Å². The van der Waals surface area contributed by atoms with E-state index in [0.717, 1.165) is 28.1 Å². The molecule has 7 heteroatoms. The molecule has 0 atom stereocenters. The standard InChI is InChI=1S/C18H24N4O3/c1-10-8-11(2)20-17(25-5)15(10)9-19-16(23)7-6-14-12(3)21-18(24)22-13(14)4/h8H,6-7,9H2,1-5H3,(H,19,23)(H,21,22,24). The fraction of sp³-hybridized carbons (Fsp3) is 0.444. The van der Waals surface area contributed by atoms with Crippen LogP contribution in [-0.2, 0) is 17.8 Å².